The summed E-state index contributed by atoms with van der Waals surface area (Å²) in [6, 6.07) is -0.701. The number of carbonyl (C=O) groups is 2. The second kappa shape index (κ2) is 6.19. The Hall–Kier alpha value is -0.710. The van der Waals surface area contributed by atoms with Crippen LogP contribution in [-0.4, -0.2) is 45.8 Å². The molecule has 2 aliphatic rings. The number of nitrogens with one attached hydrogen (secondary N) is 1. The van der Waals surface area contributed by atoms with Gasteiger partial charge in [0.15, 0.2) is 0 Å². The van der Waals surface area contributed by atoms with Gasteiger partial charge in [0, 0.05) is 11.3 Å². The smallest absolute Gasteiger partial charge is 0.246 e. The minimum atomic E-state index is -0.373. The average Bonchev–Trinajstić information content (AvgIpc) is 2.79. The molecule has 0 aromatic carbocycles. The first kappa shape index (κ1) is 16.7. The van der Waals surface area contributed by atoms with Crippen LogP contribution < -0.4 is 5.32 Å². The van der Waals surface area contributed by atoms with Crippen molar-refractivity contribution in [2.45, 2.75) is 64.3 Å². The number of piperazine rings is 1. The van der Waals surface area contributed by atoms with Gasteiger partial charge >= 0.3 is 0 Å². The van der Waals surface area contributed by atoms with E-state index in [9.17, 15) is 9.59 Å². The summed E-state index contributed by atoms with van der Waals surface area (Å²) in [7, 11) is 0. The highest BCUT2D eigenvalue weighted by atomic mass is 32.2. The van der Waals surface area contributed by atoms with Crippen molar-refractivity contribution in [1.82, 2.24) is 10.2 Å². The van der Waals surface area contributed by atoms with Gasteiger partial charge < -0.3 is 10.2 Å². The Morgan fingerprint density at radius 2 is 1.95 bits per heavy atom. The molecule has 2 rings (SSSR count). The van der Waals surface area contributed by atoms with E-state index in [0.29, 0.717) is 6.54 Å². The van der Waals surface area contributed by atoms with Crippen molar-refractivity contribution in [3.8, 4) is 0 Å². The van der Waals surface area contributed by atoms with Gasteiger partial charge in [-0.3, -0.25) is 9.59 Å². The quantitative estimate of drug-likeness (QED) is 0.866. The van der Waals surface area contributed by atoms with Crippen molar-refractivity contribution in [3.05, 3.63) is 0 Å². The number of nitrogens with zero attached hydrogens (tertiary/aromatic N) is 1. The molecule has 5 heteroatoms. The van der Waals surface area contributed by atoms with E-state index in [1.165, 1.54) is 6.42 Å². The van der Waals surface area contributed by atoms with Crippen molar-refractivity contribution in [2.24, 2.45) is 11.8 Å². The first-order chi connectivity index (χ1) is 9.75. The van der Waals surface area contributed by atoms with Gasteiger partial charge in [0.2, 0.25) is 11.8 Å². The number of amides is 2. The average molecular weight is 312 g/mol. The van der Waals surface area contributed by atoms with Crippen molar-refractivity contribution in [3.63, 3.8) is 0 Å². The Balaban J connectivity index is 2.25. The third-order valence-corrected chi connectivity index (χ3v) is 6.08. The fourth-order valence-corrected chi connectivity index (χ4v) is 4.67. The predicted molar refractivity (Wildman–Crippen MR) is 87.2 cm³/mol. The first-order valence-corrected chi connectivity index (χ1v) is 8.98. The van der Waals surface area contributed by atoms with Crippen LogP contribution >= 0.6 is 11.8 Å². The SMILES string of the molecule is CC(C)C1NC(=O)C(C(C)C)N(CC2(C)CCCS2)C1=O. The Morgan fingerprint density at radius 1 is 1.29 bits per heavy atom. The van der Waals surface area contributed by atoms with E-state index in [1.807, 2.05) is 44.4 Å². The molecule has 0 bridgehead atoms. The lowest BCUT2D eigenvalue weighted by molar-refractivity contribution is -0.152. The van der Waals surface area contributed by atoms with E-state index < -0.39 is 0 Å². The Kier molecular flexibility index (Phi) is 4.91. The van der Waals surface area contributed by atoms with Crippen molar-refractivity contribution in [2.75, 3.05) is 12.3 Å². The largest absolute Gasteiger partial charge is 0.342 e. The molecule has 21 heavy (non-hydrogen) atoms. The topological polar surface area (TPSA) is 49.4 Å². The van der Waals surface area contributed by atoms with Crippen LogP contribution in [0.2, 0.25) is 0 Å². The molecule has 2 aliphatic heterocycles. The van der Waals surface area contributed by atoms with Gasteiger partial charge in [-0.25, -0.2) is 0 Å². The maximum absolute atomic E-state index is 12.9. The van der Waals surface area contributed by atoms with Crippen LogP contribution in [0.3, 0.4) is 0 Å². The van der Waals surface area contributed by atoms with Crippen molar-refractivity contribution >= 4 is 23.6 Å². The molecular weight excluding hydrogens is 284 g/mol. The number of thioether (sulfide) groups is 1. The second-order valence-electron chi connectivity index (χ2n) is 7.29. The van der Waals surface area contributed by atoms with Crippen LogP contribution in [0.5, 0.6) is 0 Å². The molecule has 0 aromatic heterocycles. The van der Waals surface area contributed by atoms with Crippen LogP contribution in [0.15, 0.2) is 0 Å². The van der Waals surface area contributed by atoms with Gasteiger partial charge in [-0.2, -0.15) is 11.8 Å². The zero-order chi connectivity index (χ0) is 15.8. The van der Waals surface area contributed by atoms with Gasteiger partial charge in [-0.05, 0) is 37.4 Å². The molecule has 0 saturated carbocycles. The summed E-state index contributed by atoms with van der Waals surface area (Å²) in [5, 5.41) is 2.93. The van der Waals surface area contributed by atoms with E-state index >= 15 is 0 Å². The fraction of sp³-hybridized carbons (Fsp3) is 0.875. The molecule has 0 aliphatic carbocycles. The van der Waals surface area contributed by atoms with Crippen molar-refractivity contribution in [1.29, 1.82) is 0 Å². The zero-order valence-corrected chi connectivity index (χ0v) is 14.6. The van der Waals surface area contributed by atoms with E-state index in [4.69, 9.17) is 0 Å². The molecule has 1 N–H and O–H groups in total. The molecule has 0 spiro atoms. The maximum Gasteiger partial charge on any atom is 0.246 e. The summed E-state index contributed by atoms with van der Waals surface area (Å²) in [5.41, 5.74) is 0. The van der Waals surface area contributed by atoms with Gasteiger partial charge in [0.05, 0.1) is 0 Å². The summed E-state index contributed by atoms with van der Waals surface area (Å²) < 4.78 is 0.0992. The molecule has 2 saturated heterocycles. The van der Waals surface area contributed by atoms with Gasteiger partial charge in [0.25, 0.3) is 0 Å². The highest BCUT2D eigenvalue weighted by Crippen LogP contribution is 2.39. The summed E-state index contributed by atoms with van der Waals surface area (Å²) in [6.07, 6.45) is 2.33. The number of carbonyl (C=O) groups excluding carboxylic acids is 2. The van der Waals surface area contributed by atoms with Crippen LogP contribution in [0, 0.1) is 11.8 Å². The Labute approximate surface area is 132 Å². The Bertz CT molecular complexity index is 417. The van der Waals surface area contributed by atoms with Crippen LogP contribution in [-0.2, 0) is 9.59 Å². The summed E-state index contributed by atoms with van der Waals surface area (Å²) in [4.78, 5) is 27.2. The van der Waals surface area contributed by atoms with E-state index in [0.717, 1.165) is 12.2 Å². The molecule has 2 amide bonds. The minimum absolute atomic E-state index is 0.00916. The van der Waals surface area contributed by atoms with E-state index in [-0.39, 0.29) is 40.5 Å². The third kappa shape index (κ3) is 3.38. The van der Waals surface area contributed by atoms with Gasteiger partial charge in [0.1, 0.15) is 12.1 Å². The van der Waals surface area contributed by atoms with Crippen molar-refractivity contribution < 1.29 is 9.59 Å². The highest BCUT2D eigenvalue weighted by Gasteiger charge is 2.46. The Morgan fingerprint density at radius 3 is 2.43 bits per heavy atom. The molecule has 2 heterocycles. The van der Waals surface area contributed by atoms with E-state index in [1.54, 1.807) is 0 Å². The van der Waals surface area contributed by atoms with E-state index in [2.05, 4.69) is 12.2 Å². The number of hydrogen-bond donors (Lipinski definition) is 1. The fourth-order valence-electron chi connectivity index (χ4n) is 3.37. The normalized spacial score (nSPS) is 34.0. The molecule has 3 atom stereocenters. The molecule has 0 radical (unpaired) electrons. The predicted octanol–water partition coefficient (Wildman–Crippen LogP) is 2.28. The highest BCUT2D eigenvalue weighted by molar-refractivity contribution is 8.00. The van der Waals surface area contributed by atoms with Crippen LogP contribution in [0.25, 0.3) is 0 Å². The van der Waals surface area contributed by atoms with Crippen LogP contribution in [0.1, 0.15) is 47.5 Å². The number of rotatable bonds is 4. The monoisotopic (exact) mass is 312 g/mol. The molecule has 120 valence electrons. The van der Waals surface area contributed by atoms with Gasteiger partial charge in [-0.1, -0.05) is 27.7 Å². The molecule has 3 unspecified atom stereocenters. The summed E-state index contributed by atoms with van der Waals surface area (Å²) in [5.74, 6) is 1.52. The van der Waals surface area contributed by atoms with Crippen LogP contribution in [0.4, 0.5) is 0 Å². The maximum atomic E-state index is 12.9. The molecular formula is C16H28N2O2S. The summed E-state index contributed by atoms with van der Waals surface area (Å²) >= 11 is 1.94. The second-order valence-corrected chi connectivity index (χ2v) is 8.97. The molecule has 4 nitrogen and oxygen atoms in total. The molecule has 2 fully saturated rings. The summed E-state index contributed by atoms with van der Waals surface area (Å²) in [6.45, 7) is 10.9. The van der Waals surface area contributed by atoms with Gasteiger partial charge in [-0.15, -0.1) is 0 Å². The lowest BCUT2D eigenvalue weighted by Gasteiger charge is -2.44. The lowest BCUT2D eigenvalue weighted by atomic mass is 9.91. The third-order valence-electron chi connectivity index (χ3n) is 4.55. The number of hydrogen-bond acceptors (Lipinski definition) is 3. The lowest BCUT2D eigenvalue weighted by Crippen LogP contribution is -2.67. The minimum Gasteiger partial charge on any atom is -0.342 e. The molecule has 0 aromatic rings. The standard InChI is InChI=1S/C16H28N2O2S/c1-10(2)12-15(20)18(9-16(5)7-6-8-21-16)13(11(3)4)14(19)17-12/h10-13H,6-9H2,1-5H3,(H,17,19). The zero-order valence-electron chi connectivity index (χ0n) is 13.8. The first-order valence-electron chi connectivity index (χ1n) is 8.00.